The molecule has 0 saturated heterocycles. The van der Waals surface area contributed by atoms with Gasteiger partial charge in [-0.15, -0.1) is 0 Å². The summed E-state index contributed by atoms with van der Waals surface area (Å²) in [5, 5.41) is 0. The highest BCUT2D eigenvalue weighted by Crippen LogP contribution is 1.56. The molecule has 0 rings (SSSR count). The zero-order chi connectivity index (χ0) is 4.83. The molecule has 0 unspecified atom stereocenters. The molecule has 0 radical (unpaired) electrons. The molecule has 0 aliphatic carbocycles. The predicted octanol–water partition coefficient (Wildman–Crippen LogP) is -0.300. The van der Waals surface area contributed by atoms with Gasteiger partial charge in [-0.3, -0.25) is 4.79 Å². The lowest BCUT2D eigenvalue weighted by atomic mass is 10.5. The van der Waals surface area contributed by atoms with Crippen molar-refractivity contribution in [3.8, 4) is 0 Å². The average molecular weight is 85.1 g/mol. The first-order valence-electron chi connectivity index (χ1n) is 1.72. The number of carbonyl (C=O) groups is 1. The number of rotatable bonds is 2. The van der Waals surface area contributed by atoms with E-state index in [1.165, 1.54) is 6.08 Å². The Hall–Kier alpha value is -0.630. The summed E-state index contributed by atoms with van der Waals surface area (Å²) in [6.07, 6.45) is 3.67. The molecule has 0 spiro atoms. The van der Waals surface area contributed by atoms with E-state index in [4.69, 9.17) is 5.73 Å². The van der Waals surface area contributed by atoms with Gasteiger partial charge in [0.1, 0.15) is 6.29 Å². The summed E-state index contributed by atoms with van der Waals surface area (Å²) in [6.45, 7) is 0.443. The monoisotopic (exact) mass is 85.1 g/mol. The second kappa shape index (κ2) is 4.37. The third-order valence-electron chi connectivity index (χ3n) is 0.351. The first-order chi connectivity index (χ1) is 2.91. The van der Waals surface area contributed by atoms with E-state index in [1.54, 1.807) is 6.08 Å². The van der Waals surface area contributed by atoms with Crippen LogP contribution in [0.25, 0.3) is 0 Å². The number of allylic oxidation sites excluding steroid dienone is 1. The van der Waals surface area contributed by atoms with Gasteiger partial charge >= 0.3 is 0 Å². The molecule has 2 heteroatoms. The molecular formula is C4H7NO. The maximum Gasteiger partial charge on any atom is 0.142 e. The molecule has 0 aromatic rings. The quantitative estimate of drug-likeness (QED) is 0.369. The Morgan fingerprint density at radius 2 is 2.33 bits per heavy atom. The molecular weight excluding hydrogens is 78.0 g/mol. The minimum atomic E-state index is 0.443. The van der Waals surface area contributed by atoms with Crippen molar-refractivity contribution in [3.63, 3.8) is 0 Å². The molecule has 0 atom stereocenters. The van der Waals surface area contributed by atoms with Crippen LogP contribution in [0.3, 0.4) is 0 Å². The standard InChI is InChI=1S/C4H7NO/c5-3-1-2-4-6/h1-2,4H,3,5H2. The number of aldehydes is 1. The van der Waals surface area contributed by atoms with Gasteiger partial charge in [-0.1, -0.05) is 6.08 Å². The maximum absolute atomic E-state index is 9.42. The summed E-state index contributed by atoms with van der Waals surface area (Å²) >= 11 is 0. The molecule has 0 aromatic carbocycles. The van der Waals surface area contributed by atoms with Crippen LogP contribution in [-0.2, 0) is 4.79 Å². The van der Waals surface area contributed by atoms with Crippen molar-refractivity contribution >= 4 is 6.29 Å². The molecule has 0 fully saturated rings. The normalized spacial score (nSPS) is 9.50. The van der Waals surface area contributed by atoms with E-state index in [1.807, 2.05) is 0 Å². The van der Waals surface area contributed by atoms with Crippen LogP contribution in [0, 0.1) is 0 Å². The molecule has 6 heavy (non-hydrogen) atoms. The third-order valence-corrected chi connectivity index (χ3v) is 0.351. The largest absolute Gasteiger partial charge is 0.327 e. The molecule has 0 bridgehead atoms. The van der Waals surface area contributed by atoms with Crippen molar-refractivity contribution in [2.75, 3.05) is 6.54 Å². The minimum absolute atomic E-state index is 0.443. The number of hydrogen-bond acceptors (Lipinski definition) is 2. The fourth-order valence-electron chi connectivity index (χ4n) is 0.134. The van der Waals surface area contributed by atoms with Crippen molar-refractivity contribution in [2.45, 2.75) is 0 Å². The highest BCUT2D eigenvalue weighted by molar-refractivity contribution is 5.64. The van der Waals surface area contributed by atoms with Crippen LogP contribution >= 0.6 is 0 Å². The lowest BCUT2D eigenvalue weighted by Crippen LogP contribution is -1.91. The van der Waals surface area contributed by atoms with E-state index in [9.17, 15) is 4.79 Å². The lowest BCUT2D eigenvalue weighted by Gasteiger charge is -1.67. The van der Waals surface area contributed by atoms with Crippen molar-refractivity contribution in [1.82, 2.24) is 0 Å². The van der Waals surface area contributed by atoms with Crippen LogP contribution in [0.4, 0.5) is 0 Å². The Kier molecular flexibility index (Phi) is 3.91. The average Bonchev–Trinajstić information content (AvgIpc) is 1.61. The number of hydrogen-bond donors (Lipinski definition) is 1. The van der Waals surface area contributed by atoms with Gasteiger partial charge in [0.25, 0.3) is 0 Å². The topological polar surface area (TPSA) is 43.1 Å². The van der Waals surface area contributed by atoms with E-state index in [2.05, 4.69) is 0 Å². The van der Waals surface area contributed by atoms with E-state index in [0.717, 1.165) is 0 Å². The summed E-state index contributed by atoms with van der Waals surface area (Å²) in [6, 6.07) is 0. The SMILES string of the molecule is NCC=CC=O. The third kappa shape index (κ3) is 3.37. The molecule has 34 valence electrons. The summed E-state index contributed by atoms with van der Waals surface area (Å²) < 4.78 is 0. The molecule has 2 nitrogen and oxygen atoms in total. The van der Waals surface area contributed by atoms with Crippen LogP contribution in [0.2, 0.25) is 0 Å². The van der Waals surface area contributed by atoms with Gasteiger partial charge in [-0.25, -0.2) is 0 Å². The van der Waals surface area contributed by atoms with E-state index in [0.29, 0.717) is 12.8 Å². The van der Waals surface area contributed by atoms with Gasteiger partial charge in [0.05, 0.1) is 0 Å². The van der Waals surface area contributed by atoms with Gasteiger partial charge in [-0.2, -0.15) is 0 Å². The van der Waals surface area contributed by atoms with Gasteiger partial charge in [-0.05, 0) is 6.08 Å². The highest BCUT2D eigenvalue weighted by Gasteiger charge is 1.58. The van der Waals surface area contributed by atoms with Crippen molar-refractivity contribution in [2.24, 2.45) is 5.73 Å². The first-order valence-corrected chi connectivity index (χ1v) is 1.72. The fourth-order valence-corrected chi connectivity index (χ4v) is 0.134. The zero-order valence-corrected chi connectivity index (χ0v) is 3.42. The molecule has 0 aliphatic rings. The second-order valence-corrected chi connectivity index (χ2v) is 0.800. The van der Waals surface area contributed by atoms with Crippen molar-refractivity contribution < 1.29 is 4.79 Å². The molecule has 2 N–H and O–H groups in total. The van der Waals surface area contributed by atoms with Gasteiger partial charge in [0.2, 0.25) is 0 Å². The van der Waals surface area contributed by atoms with Gasteiger partial charge < -0.3 is 5.73 Å². The summed E-state index contributed by atoms with van der Waals surface area (Å²) in [5.74, 6) is 0. The molecule has 0 aromatic heterocycles. The summed E-state index contributed by atoms with van der Waals surface area (Å²) in [7, 11) is 0. The zero-order valence-electron chi connectivity index (χ0n) is 3.42. The molecule has 0 aliphatic heterocycles. The molecule has 0 saturated carbocycles. The molecule has 0 amide bonds. The van der Waals surface area contributed by atoms with Gasteiger partial charge in [0, 0.05) is 6.54 Å². The Labute approximate surface area is 36.6 Å². The van der Waals surface area contributed by atoms with E-state index < -0.39 is 0 Å². The highest BCUT2D eigenvalue weighted by atomic mass is 16.1. The van der Waals surface area contributed by atoms with E-state index in [-0.39, 0.29) is 0 Å². The first kappa shape index (κ1) is 5.37. The van der Waals surface area contributed by atoms with Crippen LogP contribution in [0.5, 0.6) is 0 Å². The van der Waals surface area contributed by atoms with Gasteiger partial charge in [0.15, 0.2) is 0 Å². The van der Waals surface area contributed by atoms with Crippen molar-refractivity contribution in [3.05, 3.63) is 12.2 Å². The Morgan fingerprint density at radius 1 is 1.67 bits per heavy atom. The number of nitrogens with two attached hydrogens (primary N) is 1. The minimum Gasteiger partial charge on any atom is -0.327 e. The van der Waals surface area contributed by atoms with Crippen LogP contribution in [0.1, 0.15) is 0 Å². The fraction of sp³-hybridized carbons (Fsp3) is 0.250. The summed E-state index contributed by atoms with van der Waals surface area (Å²) in [4.78, 5) is 9.42. The second-order valence-electron chi connectivity index (χ2n) is 0.800. The Morgan fingerprint density at radius 3 is 2.50 bits per heavy atom. The Bertz CT molecular complexity index is 58.6. The van der Waals surface area contributed by atoms with Crippen LogP contribution in [-0.4, -0.2) is 12.8 Å². The predicted molar refractivity (Wildman–Crippen MR) is 24.3 cm³/mol. The maximum atomic E-state index is 9.42. The van der Waals surface area contributed by atoms with Crippen LogP contribution in [0.15, 0.2) is 12.2 Å². The lowest BCUT2D eigenvalue weighted by molar-refractivity contribution is -0.104. The smallest absolute Gasteiger partial charge is 0.142 e. The number of carbonyl (C=O) groups excluding carboxylic acids is 1. The summed E-state index contributed by atoms with van der Waals surface area (Å²) in [5.41, 5.74) is 4.97. The van der Waals surface area contributed by atoms with Crippen LogP contribution < -0.4 is 5.73 Å². The van der Waals surface area contributed by atoms with E-state index >= 15 is 0 Å². The van der Waals surface area contributed by atoms with Crippen molar-refractivity contribution in [1.29, 1.82) is 0 Å². The molecule has 0 heterocycles. The Balaban J connectivity index is 2.94.